The second-order valence-electron chi connectivity index (χ2n) is 6.08. The molecule has 0 aliphatic carbocycles. The van der Waals surface area contributed by atoms with Gasteiger partial charge in [-0.05, 0) is 30.7 Å². The van der Waals surface area contributed by atoms with Crippen LogP contribution in [0.25, 0.3) is 0 Å². The van der Waals surface area contributed by atoms with Crippen LogP contribution in [-0.4, -0.2) is 36.3 Å². The summed E-state index contributed by atoms with van der Waals surface area (Å²) in [6.45, 7) is 1.07. The quantitative estimate of drug-likeness (QED) is 0.660. The number of rotatable bonds is 5. The summed E-state index contributed by atoms with van der Waals surface area (Å²) in [7, 11) is 1.35. The second-order valence-corrected chi connectivity index (χ2v) is 6.08. The Bertz CT molecular complexity index is 884. The van der Waals surface area contributed by atoms with Gasteiger partial charge in [0.2, 0.25) is 0 Å². The van der Waals surface area contributed by atoms with E-state index in [9.17, 15) is 18.8 Å². The van der Waals surface area contributed by atoms with Crippen molar-refractivity contribution >= 4 is 17.7 Å². The van der Waals surface area contributed by atoms with Crippen LogP contribution in [0.4, 0.5) is 9.18 Å². The van der Waals surface area contributed by atoms with E-state index in [4.69, 9.17) is 4.74 Å². The minimum atomic E-state index is -1.26. The van der Waals surface area contributed by atoms with E-state index in [1.54, 1.807) is 37.3 Å². The van der Waals surface area contributed by atoms with Crippen LogP contribution in [0.2, 0.25) is 0 Å². The molecule has 6 nitrogen and oxygen atoms in total. The van der Waals surface area contributed by atoms with Gasteiger partial charge in [-0.25, -0.2) is 9.18 Å². The fraction of sp³-hybridized carbons (Fsp3) is 0.211. The Hall–Kier alpha value is -3.22. The largest absolute Gasteiger partial charge is 0.496 e. The van der Waals surface area contributed by atoms with Crippen molar-refractivity contribution in [1.82, 2.24) is 10.2 Å². The van der Waals surface area contributed by atoms with Crippen LogP contribution in [0.15, 0.2) is 48.5 Å². The van der Waals surface area contributed by atoms with Crippen molar-refractivity contribution in [3.8, 4) is 5.75 Å². The van der Waals surface area contributed by atoms with E-state index in [0.29, 0.717) is 5.56 Å². The van der Waals surface area contributed by atoms with Gasteiger partial charge in [-0.15, -0.1) is 0 Å². The lowest BCUT2D eigenvalue weighted by Crippen LogP contribution is -2.41. The molecular weight excluding hydrogens is 339 g/mol. The zero-order valence-electron chi connectivity index (χ0n) is 14.3. The number of urea groups is 1. The molecule has 3 rings (SSSR count). The molecule has 0 aromatic heterocycles. The third kappa shape index (κ3) is 2.92. The highest BCUT2D eigenvalue weighted by Gasteiger charge is 2.49. The van der Waals surface area contributed by atoms with E-state index in [0.717, 1.165) is 17.0 Å². The predicted octanol–water partition coefficient (Wildman–Crippen LogP) is 2.48. The predicted molar refractivity (Wildman–Crippen MR) is 91.3 cm³/mol. The Morgan fingerprint density at radius 2 is 1.88 bits per heavy atom. The third-order valence-corrected chi connectivity index (χ3v) is 4.39. The summed E-state index contributed by atoms with van der Waals surface area (Å²) in [6, 6.07) is 11.6. The molecule has 1 aliphatic heterocycles. The molecule has 134 valence electrons. The maximum absolute atomic E-state index is 13.5. The van der Waals surface area contributed by atoms with Gasteiger partial charge < -0.3 is 10.1 Å². The number of carbonyl (C=O) groups excluding carboxylic acids is 3. The van der Waals surface area contributed by atoms with Crippen LogP contribution in [0.3, 0.4) is 0 Å². The normalized spacial score (nSPS) is 19.4. The average Bonchev–Trinajstić information content (AvgIpc) is 2.86. The van der Waals surface area contributed by atoms with Gasteiger partial charge in [-0.1, -0.05) is 30.3 Å². The zero-order chi connectivity index (χ0) is 18.9. The van der Waals surface area contributed by atoms with Crippen LogP contribution >= 0.6 is 0 Å². The highest BCUT2D eigenvalue weighted by atomic mass is 19.1. The van der Waals surface area contributed by atoms with Gasteiger partial charge in [-0.3, -0.25) is 14.5 Å². The molecule has 1 atom stereocenters. The summed E-state index contributed by atoms with van der Waals surface area (Å²) in [5.74, 6) is -1.57. The van der Waals surface area contributed by atoms with Gasteiger partial charge in [0.05, 0.1) is 19.2 Å². The number of imide groups is 1. The number of carbonyl (C=O) groups is 3. The standard InChI is InChI=1S/C19H17FN2O4/c1-19(12-6-4-3-5-7-12)17(24)22(18(25)21-19)11-15(23)14-10-13(20)8-9-16(14)26-2/h3-10H,11H2,1-2H3,(H,21,25)/t19-/m0/s1. The summed E-state index contributed by atoms with van der Waals surface area (Å²) in [5.41, 5.74) is -0.678. The Morgan fingerprint density at radius 3 is 2.54 bits per heavy atom. The number of hydrogen-bond acceptors (Lipinski definition) is 4. The lowest BCUT2D eigenvalue weighted by molar-refractivity contribution is -0.130. The van der Waals surface area contributed by atoms with Crippen LogP contribution in [-0.2, 0) is 10.3 Å². The van der Waals surface area contributed by atoms with Gasteiger partial charge in [0.25, 0.3) is 5.91 Å². The van der Waals surface area contributed by atoms with Crippen LogP contribution in [0, 0.1) is 5.82 Å². The fourth-order valence-electron chi connectivity index (χ4n) is 2.93. The topological polar surface area (TPSA) is 75.7 Å². The first-order valence-corrected chi connectivity index (χ1v) is 7.93. The summed E-state index contributed by atoms with van der Waals surface area (Å²) in [5, 5.41) is 2.62. The first kappa shape index (κ1) is 17.6. The smallest absolute Gasteiger partial charge is 0.325 e. The fourth-order valence-corrected chi connectivity index (χ4v) is 2.93. The highest BCUT2D eigenvalue weighted by molar-refractivity contribution is 6.11. The number of ether oxygens (including phenoxy) is 1. The van der Waals surface area contributed by atoms with Gasteiger partial charge in [0.1, 0.15) is 17.1 Å². The maximum atomic E-state index is 13.5. The number of ketones is 1. The van der Waals surface area contributed by atoms with Crippen molar-refractivity contribution in [2.75, 3.05) is 13.7 Å². The summed E-state index contributed by atoms with van der Waals surface area (Å²) < 4.78 is 18.5. The number of nitrogens with zero attached hydrogens (tertiary/aromatic N) is 1. The molecule has 1 heterocycles. The number of amides is 3. The van der Waals surface area contributed by atoms with Gasteiger partial charge in [0, 0.05) is 0 Å². The molecule has 0 unspecified atom stereocenters. The minimum absolute atomic E-state index is 0.0265. The molecule has 1 fully saturated rings. The summed E-state index contributed by atoms with van der Waals surface area (Å²) in [4.78, 5) is 38.5. The second kappa shape index (κ2) is 6.59. The monoisotopic (exact) mass is 356 g/mol. The average molecular weight is 356 g/mol. The Balaban J connectivity index is 1.87. The molecule has 1 N–H and O–H groups in total. The summed E-state index contributed by atoms with van der Waals surface area (Å²) in [6.07, 6.45) is 0. The van der Waals surface area contributed by atoms with Gasteiger partial charge in [0.15, 0.2) is 5.78 Å². The number of hydrogen-bond donors (Lipinski definition) is 1. The molecule has 0 radical (unpaired) electrons. The zero-order valence-corrected chi connectivity index (χ0v) is 14.3. The molecule has 1 aliphatic rings. The van der Waals surface area contributed by atoms with Gasteiger partial charge >= 0.3 is 6.03 Å². The van der Waals surface area contributed by atoms with Crippen molar-refractivity contribution < 1.29 is 23.5 Å². The Kier molecular flexibility index (Phi) is 4.46. The van der Waals surface area contributed by atoms with Crippen molar-refractivity contribution in [3.63, 3.8) is 0 Å². The van der Waals surface area contributed by atoms with E-state index in [-0.39, 0.29) is 11.3 Å². The highest BCUT2D eigenvalue weighted by Crippen LogP contribution is 2.29. The molecule has 2 aromatic rings. The molecular formula is C19H17FN2O4. The molecule has 3 amide bonds. The van der Waals surface area contributed by atoms with E-state index in [2.05, 4.69) is 5.32 Å². The molecule has 1 saturated heterocycles. The van der Waals surface area contributed by atoms with Crippen LogP contribution < -0.4 is 10.1 Å². The van der Waals surface area contributed by atoms with E-state index >= 15 is 0 Å². The van der Waals surface area contributed by atoms with Crippen LogP contribution in [0.5, 0.6) is 5.75 Å². The lowest BCUT2D eigenvalue weighted by atomic mass is 9.92. The molecule has 7 heteroatoms. The van der Waals surface area contributed by atoms with Crippen molar-refractivity contribution in [1.29, 1.82) is 0 Å². The molecule has 0 bridgehead atoms. The van der Waals surface area contributed by atoms with Crippen molar-refractivity contribution in [3.05, 3.63) is 65.5 Å². The van der Waals surface area contributed by atoms with Crippen molar-refractivity contribution in [2.45, 2.75) is 12.5 Å². The van der Waals surface area contributed by atoms with Crippen molar-refractivity contribution in [2.24, 2.45) is 0 Å². The molecule has 0 saturated carbocycles. The maximum Gasteiger partial charge on any atom is 0.325 e. The Labute approximate surface area is 149 Å². The number of halogens is 1. The third-order valence-electron chi connectivity index (χ3n) is 4.39. The number of Topliss-reactive ketones (excluding diaryl/α,β-unsaturated/α-hetero) is 1. The van der Waals surface area contributed by atoms with Crippen LogP contribution in [0.1, 0.15) is 22.8 Å². The molecule has 26 heavy (non-hydrogen) atoms. The Morgan fingerprint density at radius 1 is 1.19 bits per heavy atom. The minimum Gasteiger partial charge on any atom is -0.496 e. The lowest BCUT2D eigenvalue weighted by Gasteiger charge is -2.22. The molecule has 2 aromatic carbocycles. The van der Waals surface area contributed by atoms with E-state index < -0.39 is 35.6 Å². The van der Waals surface area contributed by atoms with E-state index in [1.165, 1.54) is 13.2 Å². The molecule has 0 spiro atoms. The first-order chi connectivity index (χ1) is 12.4. The van der Waals surface area contributed by atoms with E-state index in [1.807, 2.05) is 0 Å². The number of methoxy groups -OCH3 is 1. The van der Waals surface area contributed by atoms with Gasteiger partial charge in [-0.2, -0.15) is 0 Å². The SMILES string of the molecule is COc1ccc(F)cc1C(=O)CN1C(=O)N[C@@](C)(c2ccccc2)C1=O. The number of benzene rings is 2. The first-order valence-electron chi connectivity index (χ1n) is 7.93. The number of nitrogens with one attached hydrogen (secondary N) is 1. The summed E-state index contributed by atoms with van der Waals surface area (Å²) >= 11 is 0.